The van der Waals surface area contributed by atoms with Gasteiger partial charge in [-0.25, -0.2) is 4.39 Å². The van der Waals surface area contributed by atoms with Gasteiger partial charge in [0.05, 0.1) is 4.83 Å². The molecule has 3 aromatic rings. The lowest BCUT2D eigenvalue weighted by molar-refractivity contribution is 0.604. The number of alkyl halides is 1. The van der Waals surface area contributed by atoms with Crippen molar-refractivity contribution in [2.24, 2.45) is 0 Å². The van der Waals surface area contributed by atoms with Gasteiger partial charge in [-0.1, -0.05) is 70.5 Å². The molecule has 21 heavy (non-hydrogen) atoms. The fourth-order valence-corrected chi connectivity index (χ4v) is 3.48. The Labute approximate surface area is 132 Å². The van der Waals surface area contributed by atoms with E-state index >= 15 is 0 Å². The number of benzene rings is 3. The molecule has 106 valence electrons. The molecule has 2 heteroatoms. The van der Waals surface area contributed by atoms with E-state index in [0.29, 0.717) is 11.1 Å². The van der Waals surface area contributed by atoms with E-state index in [9.17, 15) is 4.39 Å². The summed E-state index contributed by atoms with van der Waals surface area (Å²) < 4.78 is 14.4. The highest BCUT2D eigenvalue weighted by Crippen LogP contribution is 2.37. The molecule has 0 aliphatic carbocycles. The van der Waals surface area contributed by atoms with Crippen LogP contribution < -0.4 is 0 Å². The van der Waals surface area contributed by atoms with Gasteiger partial charge in [-0.15, -0.1) is 0 Å². The highest BCUT2D eigenvalue weighted by molar-refractivity contribution is 9.09. The molecule has 0 aliphatic rings. The van der Waals surface area contributed by atoms with Gasteiger partial charge in [-0.05, 0) is 41.3 Å². The maximum Gasteiger partial charge on any atom is 0.130 e. The number of halogens is 2. The average molecular weight is 343 g/mol. The van der Waals surface area contributed by atoms with Crippen molar-refractivity contribution in [3.63, 3.8) is 0 Å². The van der Waals surface area contributed by atoms with Crippen LogP contribution in [-0.4, -0.2) is 0 Å². The Kier molecular flexibility index (Phi) is 3.81. The van der Waals surface area contributed by atoms with Crippen molar-refractivity contribution in [2.45, 2.75) is 18.7 Å². The van der Waals surface area contributed by atoms with Gasteiger partial charge < -0.3 is 0 Å². The van der Waals surface area contributed by atoms with Crippen LogP contribution in [0.4, 0.5) is 4.39 Å². The third-order valence-corrected chi connectivity index (χ3v) is 4.93. The summed E-state index contributed by atoms with van der Waals surface area (Å²) in [5.74, 6) is -0.135. The standard InChI is InChI=1S/C19H16BrF/c1-12-10-11-16(15-8-4-3-7-14(12)15)18(20)17-9-5-6-13(2)19(17)21/h3-11,18H,1-2H3. The summed E-state index contributed by atoms with van der Waals surface area (Å²) in [7, 11) is 0. The summed E-state index contributed by atoms with van der Waals surface area (Å²) in [6.45, 7) is 3.90. The van der Waals surface area contributed by atoms with Crippen LogP contribution in [0.1, 0.15) is 27.1 Å². The molecule has 0 heterocycles. The molecule has 0 N–H and O–H groups in total. The summed E-state index contributed by atoms with van der Waals surface area (Å²) in [6, 6.07) is 18.0. The fraction of sp³-hybridized carbons (Fsp3) is 0.158. The molecular formula is C19H16BrF. The van der Waals surface area contributed by atoms with Crippen LogP contribution >= 0.6 is 15.9 Å². The first kappa shape index (κ1) is 14.3. The molecule has 0 aromatic heterocycles. The molecule has 0 saturated carbocycles. The molecule has 0 spiro atoms. The lowest BCUT2D eigenvalue weighted by atomic mass is 9.95. The van der Waals surface area contributed by atoms with Gasteiger partial charge in [-0.2, -0.15) is 0 Å². The van der Waals surface area contributed by atoms with Crippen molar-refractivity contribution >= 4 is 26.7 Å². The summed E-state index contributed by atoms with van der Waals surface area (Å²) >= 11 is 3.68. The third-order valence-electron chi connectivity index (χ3n) is 3.94. The molecule has 3 aromatic carbocycles. The Morgan fingerprint density at radius 2 is 1.48 bits per heavy atom. The van der Waals surface area contributed by atoms with Crippen molar-refractivity contribution < 1.29 is 4.39 Å². The Bertz CT molecular complexity index is 808. The molecule has 0 fully saturated rings. The second-order valence-corrected chi connectivity index (χ2v) is 6.27. The number of fused-ring (bicyclic) bond motifs is 1. The topological polar surface area (TPSA) is 0 Å². The van der Waals surface area contributed by atoms with E-state index in [0.717, 1.165) is 5.56 Å². The van der Waals surface area contributed by atoms with Crippen LogP contribution in [0.3, 0.4) is 0 Å². The third kappa shape index (κ3) is 2.49. The highest BCUT2D eigenvalue weighted by atomic mass is 79.9. The summed E-state index contributed by atoms with van der Waals surface area (Å²) in [4.78, 5) is -0.150. The van der Waals surface area contributed by atoms with Crippen LogP contribution in [0.15, 0.2) is 54.6 Å². The van der Waals surface area contributed by atoms with Crippen LogP contribution in [-0.2, 0) is 0 Å². The van der Waals surface area contributed by atoms with E-state index in [4.69, 9.17) is 0 Å². The van der Waals surface area contributed by atoms with Crippen molar-refractivity contribution in [2.75, 3.05) is 0 Å². The van der Waals surface area contributed by atoms with Crippen molar-refractivity contribution in [3.8, 4) is 0 Å². The van der Waals surface area contributed by atoms with Crippen molar-refractivity contribution in [1.82, 2.24) is 0 Å². The molecule has 1 atom stereocenters. The van der Waals surface area contributed by atoms with E-state index in [-0.39, 0.29) is 10.6 Å². The van der Waals surface area contributed by atoms with Gasteiger partial charge in [0.25, 0.3) is 0 Å². The largest absolute Gasteiger partial charge is 0.206 e. The van der Waals surface area contributed by atoms with Crippen molar-refractivity contribution in [1.29, 1.82) is 0 Å². The summed E-state index contributed by atoms with van der Waals surface area (Å²) in [6.07, 6.45) is 0. The Morgan fingerprint density at radius 1 is 0.762 bits per heavy atom. The first-order valence-electron chi connectivity index (χ1n) is 6.97. The Morgan fingerprint density at radius 3 is 2.24 bits per heavy atom. The lowest BCUT2D eigenvalue weighted by Gasteiger charge is -2.16. The van der Waals surface area contributed by atoms with Gasteiger partial charge in [0.1, 0.15) is 5.82 Å². The quantitative estimate of drug-likeness (QED) is 0.495. The zero-order valence-electron chi connectivity index (χ0n) is 12.0. The van der Waals surface area contributed by atoms with E-state index in [1.165, 1.54) is 16.3 Å². The zero-order chi connectivity index (χ0) is 15.0. The molecule has 0 saturated heterocycles. The zero-order valence-corrected chi connectivity index (χ0v) is 13.6. The van der Waals surface area contributed by atoms with Gasteiger partial charge in [0.2, 0.25) is 0 Å². The molecule has 1 unspecified atom stereocenters. The van der Waals surface area contributed by atoms with E-state index in [1.54, 1.807) is 13.0 Å². The normalized spacial score (nSPS) is 12.6. The van der Waals surface area contributed by atoms with E-state index in [1.807, 2.05) is 24.3 Å². The molecule has 0 amide bonds. The maximum absolute atomic E-state index is 14.4. The van der Waals surface area contributed by atoms with Crippen LogP contribution in [0.25, 0.3) is 10.8 Å². The van der Waals surface area contributed by atoms with Gasteiger partial charge in [0.15, 0.2) is 0 Å². The second kappa shape index (κ2) is 5.61. The smallest absolute Gasteiger partial charge is 0.130 e. The number of aryl methyl sites for hydroxylation is 2. The van der Waals surface area contributed by atoms with Gasteiger partial charge >= 0.3 is 0 Å². The van der Waals surface area contributed by atoms with Crippen LogP contribution in [0, 0.1) is 19.7 Å². The number of rotatable bonds is 2. The first-order valence-corrected chi connectivity index (χ1v) is 7.88. The minimum Gasteiger partial charge on any atom is -0.206 e. The predicted octanol–water partition coefficient (Wildman–Crippen LogP) is 6.08. The molecule has 0 bridgehead atoms. The monoisotopic (exact) mass is 342 g/mol. The summed E-state index contributed by atoms with van der Waals surface area (Å²) in [5, 5.41) is 2.38. The minimum absolute atomic E-state index is 0.135. The highest BCUT2D eigenvalue weighted by Gasteiger charge is 2.18. The second-order valence-electron chi connectivity index (χ2n) is 5.36. The first-order chi connectivity index (χ1) is 10.1. The van der Waals surface area contributed by atoms with Gasteiger partial charge in [0, 0.05) is 5.56 Å². The minimum atomic E-state index is -0.150. The number of hydrogen-bond acceptors (Lipinski definition) is 0. The Hall–Kier alpha value is -1.67. The molecule has 0 nitrogen and oxygen atoms in total. The predicted molar refractivity (Wildman–Crippen MR) is 90.6 cm³/mol. The van der Waals surface area contributed by atoms with Crippen LogP contribution in [0.5, 0.6) is 0 Å². The van der Waals surface area contributed by atoms with Crippen LogP contribution in [0.2, 0.25) is 0 Å². The molecule has 0 radical (unpaired) electrons. The maximum atomic E-state index is 14.4. The van der Waals surface area contributed by atoms with Gasteiger partial charge in [-0.3, -0.25) is 0 Å². The average Bonchev–Trinajstić information content (AvgIpc) is 2.50. The molecular weight excluding hydrogens is 327 g/mol. The molecule has 3 rings (SSSR count). The lowest BCUT2D eigenvalue weighted by Crippen LogP contribution is -1.99. The van der Waals surface area contributed by atoms with E-state index in [2.05, 4.69) is 47.1 Å². The SMILES string of the molecule is Cc1cccc(C(Br)c2ccc(C)c3ccccc23)c1F. The summed E-state index contributed by atoms with van der Waals surface area (Å²) in [5.41, 5.74) is 3.69. The Balaban J connectivity index is 2.21. The fourth-order valence-electron chi connectivity index (χ4n) is 2.73. The molecule has 0 aliphatic heterocycles. The number of hydrogen-bond donors (Lipinski definition) is 0. The van der Waals surface area contributed by atoms with E-state index < -0.39 is 0 Å². The van der Waals surface area contributed by atoms with Crippen molar-refractivity contribution in [3.05, 3.63) is 82.7 Å².